The van der Waals surface area contributed by atoms with E-state index in [-0.39, 0.29) is 5.56 Å². The van der Waals surface area contributed by atoms with Crippen LogP contribution in [0.3, 0.4) is 0 Å². The Morgan fingerprint density at radius 3 is 2.80 bits per heavy atom. The van der Waals surface area contributed by atoms with Gasteiger partial charge < -0.3 is 19.9 Å². The van der Waals surface area contributed by atoms with E-state index in [1.165, 1.54) is 12.4 Å². The molecule has 0 fully saturated rings. The third-order valence-corrected chi connectivity index (χ3v) is 2.87. The average Bonchev–Trinajstić information content (AvgIpc) is 2.47. The normalized spacial score (nSPS) is 12.8. The van der Waals surface area contributed by atoms with Crippen LogP contribution in [0.1, 0.15) is 10.4 Å². The maximum atomic E-state index is 11.1. The third-order valence-electron chi connectivity index (χ3n) is 2.87. The highest BCUT2D eigenvalue weighted by Crippen LogP contribution is 2.33. The van der Waals surface area contributed by atoms with E-state index in [1.807, 2.05) is 0 Å². The lowest BCUT2D eigenvalue weighted by atomic mass is 10.2. The number of benzene rings is 1. The van der Waals surface area contributed by atoms with Crippen molar-refractivity contribution in [3.63, 3.8) is 0 Å². The molecule has 1 aromatic heterocycles. The third kappa shape index (κ3) is 2.35. The number of aromatic nitrogens is 1. The number of fused-ring (bicyclic) bond motifs is 1. The van der Waals surface area contributed by atoms with E-state index in [4.69, 9.17) is 14.6 Å². The highest BCUT2D eigenvalue weighted by Gasteiger charge is 2.14. The summed E-state index contributed by atoms with van der Waals surface area (Å²) in [6.07, 6.45) is 2.84. The van der Waals surface area contributed by atoms with Crippen LogP contribution in [0, 0.1) is 0 Å². The van der Waals surface area contributed by atoms with E-state index < -0.39 is 5.97 Å². The number of aromatic carboxylic acids is 1. The summed E-state index contributed by atoms with van der Waals surface area (Å²) in [4.78, 5) is 14.9. The van der Waals surface area contributed by atoms with Crippen molar-refractivity contribution in [2.75, 3.05) is 18.5 Å². The number of pyridine rings is 1. The predicted molar refractivity (Wildman–Crippen MR) is 71.9 cm³/mol. The van der Waals surface area contributed by atoms with Gasteiger partial charge in [-0.1, -0.05) is 0 Å². The molecular formula is C14H12N2O4. The molecule has 0 atom stereocenters. The van der Waals surface area contributed by atoms with Gasteiger partial charge in [-0.2, -0.15) is 0 Å². The molecule has 1 aliphatic rings. The van der Waals surface area contributed by atoms with Crippen LogP contribution < -0.4 is 14.8 Å². The molecule has 6 nitrogen and oxygen atoms in total. The number of carboxylic acids is 1. The van der Waals surface area contributed by atoms with E-state index in [2.05, 4.69) is 10.3 Å². The highest BCUT2D eigenvalue weighted by molar-refractivity contribution is 5.94. The van der Waals surface area contributed by atoms with Crippen LogP contribution in [0.4, 0.5) is 11.4 Å². The Hall–Kier alpha value is -2.76. The molecule has 0 unspecified atom stereocenters. The first-order chi connectivity index (χ1) is 9.74. The second kappa shape index (κ2) is 5.08. The summed E-state index contributed by atoms with van der Waals surface area (Å²) in [5, 5.41) is 12.2. The van der Waals surface area contributed by atoms with Gasteiger partial charge in [-0.05, 0) is 18.2 Å². The summed E-state index contributed by atoms with van der Waals surface area (Å²) in [5.41, 5.74) is 1.31. The number of ether oxygens (including phenoxy) is 2. The molecule has 20 heavy (non-hydrogen) atoms. The van der Waals surface area contributed by atoms with Crippen LogP contribution in [0.15, 0.2) is 36.7 Å². The Labute approximate surface area is 115 Å². The maximum Gasteiger partial charge on any atom is 0.339 e. The van der Waals surface area contributed by atoms with Crippen LogP contribution in [0.2, 0.25) is 0 Å². The molecule has 0 bridgehead atoms. The predicted octanol–water partition coefficient (Wildman–Crippen LogP) is 2.29. The fraction of sp³-hybridized carbons (Fsp3) is 0.143. The standard InChI is InChI=1S/C14H12N2O4/c17-14(18)10-8-15-4-3-11(10)16-9-1-2-12-13(7-9)20-6-5-19-12/h1-4,7-8H,5-6H2,(H,15,16)(H,17,18). The second-order valence-corrected chi connectivity index (χ2v) is 4.21. The largest absolute Gasteiger partial charge is 0.486 e. The molecule has 1 aliphatic heterocycles. The van der Waals surface area contributed by atoms with Gasteiger partial charge in [-0.25, -0.2) is 4.79 Å². The number of nitrogens with one attached hydrogen (secondary N) is 1. The number of hydrogen-bond donors (Lipinski definition) is 2. The molecule has 2 N–H and O–H groups in total. The highest BCUT2D eigenvalue weighted by atomic mass is 16.6. The molecular weight excluding hydrogens is 260 g/mol. The molecule has 0 radical (unpaired) electrons. The topological polar surface area (TPSA) is 80.7 Å². The van der Waals surface area contributed by atoms with Gasteiger partial charge in [0.15, 0.2) is 11.5 Å². The molecule has 3 rings (SSSR count). The van der Waals surface area contributed by atoms with Gasteiger partial charge >= 0.3 is 5.97 Å². The quantitative estimate of drug-likeness (QED) is 0.892. The van der Waals surface area contributed by atoms with Crippen LogP contribution in [-0.2, 0) is 0 Å². The first-order valence-corrected chi connectivity index (χ1v) is 6.08. The Morgan fingerprint density at radius 1 is 1.20 bits per heavy atom. The van der Waals surface area contributed by atoms with Crippen LogP contribution in [0.5, 0.6) is 11.5 Å². The fourth-order valence-electron chi connectivity index (χ4n) is 1.95. The molecule has 102 valence electrons. The summed E-state index contributed by atoms with van der Waals surface area (Å²) >= 11 is 0. The van der Waals surface area contributed by atoms with Gasteiger partial charge in [0.25, 0.3) is 0 Å². The number of carboxylic acid groups (broad SMARTS) is 1. The van der Waals surface area contributed by atoms with Crippen molar-refractivity contribution < 1.29 is 19.4 Å². The number of nitrogens with zero attached hydrogens (tertiary/aromatic N) is 1. The number of rotatable bonds is 3. The van der Waals surface area contributed by atoms with Crippen molar-refractivity contribution in [1.82, 2.24) is 4.98 Å². The second-order valence-electron chi connectivity index (χ2n) is 4.21. The van der Waals surface area contributed by atoms with E-state index in [0.29, 0.717) is 30.4 Å². The van der Waals surface area contributed by atoms with Crippen LogP contribution in [-0.4, -0.2) is 29.3 Å². The SMILES string of the molecule is O=C(O)c1cnccc1Nc1ccc2c(c1)OCCO2. The van der Waals surface area contributed by atoms with Crippen LogP contribution >= 0.6 is 0 Å². The monoisotopic (exact) mass is 272 g/mol. The zero-order chi connectivity index (χ0) is 13.9. The number of anilines is 2. The van der Waals surface area contributed by atoms with Crippen molar-refractivity contribution in [3.8, 4) is 11.5 Å². The lowest BCUT2D eigenvalue weighted by Crippen LogP contribution is -2.15. The van der Waals surface area contributed by atoms with Crippen molar-refractivity contribution in [1.29, 1.82) is 0 Å². The molecule has 0 amide bonds. The van der Waals surface area contributed by atoms with Gasteiger partial charge in [0.2, 0.25) is 0 Å². The van der Waals surface area contributed by atoms with Crippen LogP contribution in [0.25, 0.3) is 0 Å². The van der Waals surface area contributed by atoms with E-state index in [1.54, 1.807) is 24.3 Å². The molecule has 0 saturated carbocycles. The molecule has 0 aliphatic carbocycles. The summed E-state index contributed by atoms with van der Waals surface area (Å²) < 4.78 is 10.9. The molecule has 0 spiro atoms. The summed E-state index contributed by atoms with van der Waals surface area (Å²) in [7, 11) is 0. The minimum Gasteiger partial charge on any atom is -0.486 e. The molecule has 2 aromatic rings. The Balaban J connectivity index is 1.90. The molecule has 1 aromatic carbocycles. The van der Waals surface area contributed by atoms with Crippen molar-refractivity contribution in [3.05, 3.63) is 42.2 Å². The number of hydrogen-bond acceptors (Lipinski definition) is 5. The lowest BCUT2D eigenvalue weighted by molar-refractivity contribution is 0.0697. The first kappa shape index (κ1) is 12.3. The summed E-state index contributed by atoms with van der Waals surface area (Å²) in [5.74, 6) is 0.306. The van der Waals surface area contributed by atoms with E-state index in [0.717, 1.165) is 5.69 Å². The van der Waals surface area contributed by atoms with Gasteiger partial charge in [-0.3, -0.25) is 4.98 Å². The zero-order valence-corrected chi connectivity index (χ0v) is 10.5. The Bertz CT molecular complexity index is 657. The number of carbonyl (C=O) groups is 1. The minimum absolute atomic E-state index is 0.113. The minimum atomic E-state index is -1.03. The molecule has 6 heteroatoms. The Morgan fingerprint density at radius 2 is 2.00 bits per heavy atom. The fourth-order valence-corrected chi connectivity index (χ4v) is 1.95. The summed E-state index contributed by atoms with van der Waals surface area (Å²) in [6.45, 7) is 1.04. The smallest absolute Gasteiger partial charge is 0.339 e. The average molecular weight is 272 g/mol. The van der Waals surface area contributed by atoms with E-state index >= 15 is 0 Å². The zero-order valence-electron chi connectivity index (χ0n) is 10.5. The van der Waals surface area contributed by atoms with Crippen molar-refractivity contribution in [2.45, 2.75) is 0 Å². The Kier molecular flexibility index (Phi) is 3.12. The van der Waals surface area contributed by atoms with Gasteiger partial charge in [-0.15, -0.1) is 0 Å². The van der Waals surface area contributed by atoms with E-state index in [9.17, 15) is 4.79 Å². The molecule has 2 heterocycles. The lowest BCUT2D eigenvalue weighted by Gasteiger charge is -2.19. The van der Waals surface area contributed by atoms with Gasteiger partial charge in [0.05, 0.1) is 5.69 Å². The van der Waals surface area contributed by atoms with Gasteiger partial charge in [0, 0.05) is 24.1 Å². The first-order valence-electron chi connectivity index (χ1n) is 6.08. The van der Waals surface area contributed by atoms with Crippen molar-refractivity contribution in [2.24, 2.45) is 0 Å². The summed E-state index contributed by atoms with van der Waals surface area (Å²) in [6, 6.07) is 6.98. The van der Waals surface area contributed by atoms with Gasteiger partial charge in [0.1, 0.15) is 18.8 Å². The molecule has 0 saturated heterocycles. The maximum absolute atomic E-state index is 11.1. The van der Waals surface area contributed by atoms with Crippen molar-refractivity contribution >= 4 is 17.3 Å².